The van der Waals surface area contributed by atoms with Crippen LogP contribution < -0.4 is 4.89 Å². The van der Waals surface area contributed by atoms with Crippen molar-refractivity contribution in [1.29, 1.82) is 0 Å². The number of carbonyl (C=O) groups excluding carboxylic acids is 2. The Bertz CT molecular complexity index is 1210. The lowest BCUT2D eigenvalue weighted by molar-refractivity contribution is -0.870. The van der Waals surface area contributed by atoms with Crippen molar-refractivity contribution in [3.63, 3.8) is 0 Å². The number of likely N-dealkylation sites (N-methyl/N-ethyl adjacent to an activating group) is 1. The lowest BCUT2D eigenvalue weighted by Gasteiger charge is -2.36. The predicted octanol–water partition coefficient (Wildman–Crippen LogP) is 7.60. The van der Waals surface area contributed by atoms with Gasteiger partial charge in [-0.1, -0.05) is 127 Å². The molecule has 0 aromatic carbocycles. The van der Waals surface area contributed by atoms with Gasteiger partial charge in [-0.25, -0.2) is 0 Å². The Kier molecular flexibility index (Phi) is 30.6. The summed E-state index contributed by atoms with van der Waals surface area (Å²) >= 11 is 0. The Morgan fingerprint density at radius 1 is 0.828 bits per heavy atom. The summed E-state index contributed by atoms with van der Waals surface area (Å²) in [6.07, 6.45) is 25.2. The molecule has 0 spiro atoms. The number of esters is 2. The SMILES string of the molecule is CC/C=C\CC(O)/C=C/C1OC(O)CC(O)C1C/C=C\CCCC(=O)OC(COC(=O)CCCCCCCCCCCCCCC)COP(=O)([O-])OCC[N+](C)(C)C. The number of allylic oxidation sites excluding steroid dienone is 3. The van der Waals surface area contributed by atoms with Crippen LogP contribution in [0.5, 0.6) is 0 Å². The Hall–Kier alpha value is -1.93. The lowest BCUT2D eigenvalue weighted by atomic mass is 9.87. The normalized spacial score (nSPS) is 21.1. The highest BCUT2D eigenvalue weighted by Crippen LogP contribution is 2.38. The summed E-state index contributed by atoms with van der Waals surface area (Å²) in [5, 5.41) is 30.9. The van der Waals surface area contributed by atoms with E-state index in [0.717, 1.165) is 25.7 Å². The van der Waals surface area contributed by atoms with Crippen LogP contribution in [-0.4, -0.2) is 110 Å². The third kappa shape index (κ3) is 30.1. The summed E-state index contributed by atoms with van der Waals surface area (Å²) < 4.78 is 39.5. The summed E-state index contributed by atoms with van der Waals surface area (Å²) in [5.74, 6) is -1.37. The molecule has 0 saturated carbocycles. The molecule has 7 atom stereocenters. The van der Waals surface area contributed by atoms with Crippen molar-refractivity contribution in [2.45, 2.75) is 179 Å². The first-order valence-electron chi connectivity index (χ1n) is 22.1. The second kappa shape index (κ2) is 32.8. The zero-order valence-electron chi connectivity index (χ0n) is 36.5. The smallest absolute Gasteiger partial charge is 0.306 e. The first-order valence-corrected chi connectivity index (χ1v) is 23.6. The van der Waals surface area contributed by atoms with E-state index in [1.54, 1.807) is 12.2 Å². The Morgan fingerprint density at radius 2 is 1.45 bits per heavy atom. The number of aliphatic hydroxyl groups is 3. The van der Waals surface area contributed by atoms with Crippen LogP contribution in [0, 0.1) is 5.92 Å². The van der Waals surface area contributed by atoms with Gasteiger partial charge in [-0.05, 0) is 38.5 Å². The Labute approximate surface area is 350 Å². The molecule has 58 heavy (non-hydrogen) atoms. The quantitative estimate of drug-likeness (QED) is 0.0187. The Balaban J connectivity index is 2.56. The molecule has 1 aliphatic heterocycles. The highest BCUT2D eigenvalue weighted by Gasteiger charge is 2.35. The second-order valence-electron chi connectivity index (χ2n) is 16.6. The number of ether oxygens (including phenoxy) is 3. The fraction of sp³-hybridized carbons (Fsp3) is 0.818. The summed E-state index contributed by atoms with van der Waals surface area (Å²) in [4.78, 5) is 37.7. The van der Waals surface area contributed by atoms with Gasteiger partial charge in [-0.15, -0.1) is 0 Å². The summed E-state index contributed by atoms with van der Waals surface area (Å²) in [6.45, 7) is 3.70. The van der Waals surface area contributed by atoms with E-state index < -0.39 is 57.1 Å². The number of aliphatic hydroxyl groups excluding tert-OH is 3. The molecule has 0 radical (unpaired) electrons. The molecule has 3 N–H and O–H groups in total. The topological polar surface area (TPSA) is 181 Å². The number of unbranched alkanes of at least 4 members (excludes halogenated alkanes) is 13. The van der Waals surface area contributed by atoms with Gasteiger partial charge in [0.25, 0.3) is 7.82 Å². The number of quaternary nitrogens is 1. The van der Waals surface area contributed by atoms with Crippen LogP contribution in [0.2, 0.25) is 0 Å². The molecule has 1 saturated heterocycles. The van der Waals surface area contributed by atoms with Crippen LogP contribution in [0.4, 0.5) is 0 Å². The molecule has 0 aromatic heterocycles. The molecule has 0 amide bonds. The van der Waals surface area contributed by atoms with Crippen LogP contribution >= 0.6 is 7.82 Å². The molecule has 338 valence electrons. The van der Waals surface area contributed by atoms with Crippen molar-refractivity contribution in [3.05, 3.63) is 36.5 Å². The molecule has 13 nitrogen and oxygen atoms in total. The molecule has 14 heteroatoms. The fourth-order valence-electron chi connectivity index (χ4n) is 6.42. The van der Waals surface area contributed by atoms with E-state index in [2.05, 4.69) is 6.92 Å². The van der Waals surface area contributed by atoms with Crippen molar-refractivity contribution in [3.8, 4) is 0 Å². The number of phosphoric acid groups is 1. The molecular weight excluding hydrogens is 765 g/mol. The summed E-state index contributed by atoms with van der Waals surface area (Å²) in [6, 6.07) is 0. The van der Waals surface area contributed by atoms with E-state index in [1.807, 2.05) is 52.4 Å². The maximum Gasteiger partial charge on any atom is 0.306 e. The number of hydrogen-bond donors (Lipinski definition) is 3. The number of phosphoric ester groups is 1. The van der Waals surface area contributed by atoms with Gasteiger partial charge in [0.2, 0.25) is 0 Å². The Morgan fingerprint density at radius 3 is 2.07 bits per heavy atom. The van der Waals surface area contributed by atoms with E-state index in [-0.39, 0.29) is 38.4 Å². The third-order valence-corrected chi connectivity index (χ3v) is 10.9. The average Bonchev–Trinajstić information content (AvgIpc) is 3.15. The van der Waals surface area contributed by atoms with Gasteiger partial charge in [0.05, 0.1) is 46.1 Å². The highest BCUT2D eigenvalue weighted by atomic mass is 31.2. The molecule has 0 aromatic rings. The van der Waals surface area contributed by atoms with E-state index >= 15 is 0 Å². The van der Waals surface area contributed by atoms with E-state index in [1.165, 1.54) is 57.8 Å². The lowest BCUT2D eigenvalue weighted by Crippen LogP contribution is -2.43. The maximum absolute atomic E-state index is 12.8. The standard InChI is InChI=1S/C44H80NO12P/c1-6-8-10-11-12-13-14-15-16-17-18-19-24-28-42(48)53-35-38(36-55-58(51,52)54-33-32-45(3,4)5)56-43(49)29-25-21-20-23-27-39-40(47)34-44(50)57-41(39)31-30-37(46)26-22-9-7-2/h9,20,22-23,30-31,37-41,44,46-47,50H,6-8,10-19,21,24-29,32-36H2,1-5H3/b22-9-,23-20-,31-30+. The van der Waals surface area contributed by atoms with Gasteiger partial charge in [-0.2, -0.15) is 0 Å². The van der Waals surface area contributed by atoms with Gasteiger partial charge in [0.15, 0.2) is 12.4 Å². The highest BCUT2D eigenvalue weighted by molar-refractivity contribution is 7.45. The third-order valence-electron chi connectivity index (χ3n) is 9.95. The summed E-state index contributed by atoms with van der Waals surface area (Å²) in [7, 11) is 0.994. The number of hydrogen-bond acceptors (Lipinski definition) is 12. The fourth-order valence-corrected chi connectivity index (χ4v) is 7.14. The molecule has 1 rings (SSSR count). The number of rotatable bonds is 35. The van der Waals surface area contributed by atoms with Gasteiger partial charge in [-0.3, -0.25) is 14.2 Å². The molecule has 1 aliphatic rings. The zero-order chi connectivity index (χ0) is 43.1. The second-order valence-corrected chi connectivity index (χ2v) is 18.0. The van der Waals surface area contributed by atoms with Gasteiger partial charge >= 0.3 is 11.9 Å². The zero-order valence-corrected chi connectivity index (χ0v) is 37.4. The molecular formula is C44H80NO12P. The van der Waals surface area contributed by atoms with Crippen LogP contribution in [-0.2, 0) is 37.4 Å². The first kappa shape index (κ1) is 54.1. The first-order chi connectivity index (χ1) is 27.7. The monoisotopic (exact) mass is 846 g/mol. The minimum absolute atomic E-state index is 0.0276. The maximum atomic E-state index is 12.8. The van der Waals surface area contributed by atoms with Crippen LogP contribution in [0.1, 0.15) is 149 Å². The van der Waals surface area contributed by atoms with Crippen molar-refractivity contribution in [2.24, 2.45) is 5.92 Å². The largest absolute Gasteiger partial charge is 0.756 e. The molecule has 1 fully saturated rings. The minimum atomic E-state index is -4.70. The van der Waals surface area contributed by atoms with Gasteiger partial charge in [0.1, 0.15) is 19.8 Å². The minimum Gasteiger partial charge on any atom is -0.756 e. The van der Waals surface area contributed by atoms with Crippen molar-refractivity contribution >= 4 is 19.8 Å². The van der Waals surface area contributed by atoms with Crippen LogP contribution in [0.3, 0.4) is 0 Å². The van der Waals surface area contributed by atoms with Gasteiger partial charge in [0, 0.05) is 25.2 Å². The van der Waals surface area contributed by atoms with Crippen molar-refractivity contribution in [2.75, 3.05) is 47.5 Å². The number of nitrogens with zero attached hydrogens (tertiary/aromatic N) is 1. The summed E-state index contributed by atoms with van der Waals surface area (Å²) in [5.41, 5.74) is 0. The van der Waals surface area contributed by atoms with Crippen LogP contribution in [0.15, 0.2) is 36.5 Å². The molecule has 0 aliphatic carbocycles. The van der Waals surface area contributed by atoms with E-state index in [4.69, 9.17) is 23.3 Å². The van der Waals surface area contributed by atoms with E-state index in [0.29, 0.717) is 43.1 Å². The number of carbonyl (C=O) groups is 2. The van der Waals surface area contributed by atoms with Crippen molar-refractivity contribution < 1.29 is 62.1 Å². The van der Waals surface area contributed by atoms with Gasteiger partial charge < -0.3 is 48.0 Å². The van der Waals surface area contributed by atoms with E-state index in [9.17, 15) is 34.4 Å². The molecule has 0 bridgehead atoms. The van der Waals surface area contributed by atoms with Crippen molar-refractivity contribution in [1.82, 2.24) is 0 Å². The average molecular weight is 846 g/mol. The van der Waals surface area contributed by atoms with Crippen LogP contribution in [0.25, 0.3) is 0 Å². The predicted molar refractivity (Wildman–Crippen MR) is 225 cm³/mol. The molecule has 1 heterocycles. The molecule has 7 unspecified atom stereocenters.